The van der Waals surface area contributed by atoms with Crippen LogP contribution in [0.4, 0.5) is 10.5 Å². The number of ether oxygens (including phenoxy) is 1. The molecule has 0 fully saturated rings. The number of nitrogens with one attached hydrogen (secondary N) is 1. The SMILES string of the molecule is Cc1ccc(N(C)CC[C@H](NC(=O)OCC2c3ccccc3-c3ccccc32)C(=O)O)cc1.Cl. The molecule has 3 aromatic carbocycles. The van der Waals surface area contributed by atoms with Gasteiger partial charge in [0.15, 0.2) is 0 Å². The summed E-state index contributed by atoms with van der Waals surface area (Å²) >= 11 is 0. The van der Waals surface area contributed by atoms with Crippen molar-refractivity contribution in [3.8, 4) is 11.1 Å². The van der Waals surface area contributed by atoms with Crippen LogP contribution in [0.15, 0.2) is 72.8 Å². The molecule has 0 spiro atoms. The highest BCUT2D eigenvalue weighted by molar-refractivity contribution is 5.85. The molecule has 1 aliphatic carbocycles. The minimum absolute atomic E-state index is 0. The second-order valence-corrected chi connectivity index (χ2v) is 8.41. The Balaban J connectivity index is 0.00000324. The van der Waals surface area contributed by atoms with Gasteiger partial charge in [-0.2, -0.15) is 0 Å². The number of rotatable bonds is 8. The van der Waals surface area contributed by atoms with Crippen molar-refractivity contribution in [3.63, 3.8) is 0 Å². The van der Waals surface area contributed by atoms with E-state index in [4.69, 9.17) is 4.74 Å². The van der Waals surface area contributed by atoms with E-state index in [1.807, 2.05) is 79.5 Å². The zero-order valence-electron chi connectivity index (χ0n) is 19.2. The minimum Gasteiger partial charge on any atom is -0.480 e. The largest absolute Gasteiger partial charge is 0.480 e. The first kappa shape index (κ1) is 25.1. The maximum absolute atomic E-state index is 12.5. The predicted octanol–water partition coefficient (Wildman–Crippen LogP) is 5.24. The lowest BCUT2D eigenvalue weighted by Gasteiger charge is -2.22. The molecule has 0 saturated heterocycles. The van der Waals surface area contributed by atoms with Crippen LogP contribution in [0.1, 0.15) is 29.0 Å². The molecule has 0 saturated carbocycles. The summed E-state index contributed by atoms with van der Waals surface area (Å²) in [7, 11) is 1.90. The molecule has 1 aliphatic rings. The summed E-state index contributed by atoms with van der Waals surface area (Å²) in [6.07, 6.45) is -0.466. The van der Waals surface area contributed by atoms with Crippen molar-refractivity contribution in [1.29, 1.82) is 0 Å². The number of carbonyl (C=O) groups is 2. The Labute approximate surface area is 206 Å². The molecule has 3 aromatic rings. The Morgan fingerprint density at radius 3 is 2.09 bits per heavy atom. The number of halogens is 1. The molecule has 4 rings (SSSR count). The van der Waals surface area contributed by atoms with Gasteiger partial charge >= 0.3 is 12.1 Å². The van der Waals surface area contributed by atoms with Crippen molar-refractivity contribution in [3.05, 3.63) is 89.5 Å². The lowest BCUT2D eigenvalue weighted by atomic mass is 9.98. The van der Waals surface area contributed by atoms with Crippen LogP contribution in [-0.4, -0.2) is 43.4 Å². The Morgan fingerprint density at radius 2 is 1.53 bits per heavy atom. The number of alkyl carbamates (subject to hydrolysis) is 1. The van der Waals surface area contributed by atoms with Gasteiger partial charge in [-0.1, -0.05) is 66.2 Å². The van der Waals surface area contributed by atoms with E-state index in [0.29, 0.717) is 6.54 Å². The maximum Gasteiger partial charge on any atom is 0.407 e. The number of amides is 1. The molecule has 34 heavy (non-hydrogen) atoms. The zero-order chi connectivity index (χ0) is 23.4. The molecular weight excluding hydrogens is 452 g/mol. The van der Waals surface area contributed by atoms with E-state index in [0.717, 1.165) is 33.5 Å². The standard InChI is InChI=1S/C27H28N2O4.ClH/c1-18-11-13-19(14-12-18)29(2)16-15-25(26(30)31)28-27(32)33-17-24-22-9-5-3-7-20(22)21-8-4-6-10-23(21)24;/h3-14,24-25H,15-17H2,1-2H3,(H,28,32)(H,30,31);1H/t25-;/m0./s1. The van der Waals surface area contributed by atoms with Crippen LogP contribution in [0, 0.1) is 6.92 Å². The zero-order valence-corrected chi connectivity index (χ0v) is 20.0. The van der Waals surface area contributed by atoms with Gasteiger partial charge in [-0.05, 0) is 47.7 Å². The number of benzene rings is 3. The van der Waals surface area contributed by atoms with Gasteiger partial charge in [0.2, 0.25) is 0 Å². The Kier molecular flexibility index (Phi) is 8.18. The summed E-state index contributed by atoms with van der Waals surface area (Å²) in [6, 6.07) is 23.1. The topological polar surface area (TPSA) is 78.9 Å². The second-order valence-electron chi connectivity index (χ2n) is 8.41. The van der Waals surface area contributed by atoms with Crippen LogP contribution in [0.5, 0.6) is 0 Å². The van der Waals surface area contributed by atoms with E-state index in [1.54, 1.807) is 0 Å². The van der Waals surface area contributed by atoms with Gasteiger partial charge in [0.25, 0.3) is 0 Å². The molecule has 0 unspecified atom stereocenters. The molecule has 7 heteroatoms. The van der Waals surface area contributed by atoms with Crippen molar-refractivity contribution >= 4 is 30.2 Å². The van der Waals surface area contributed by atoms with Gasteiger partial charge in [0.1, 0.15) is 12.6 Å². The van der Waals surface area contributed by atoms with Crippen molar-refractivity contribution in [2.75, 3.05) is 25.1 Å². The highest BCUT2D eigenvalue weighted by atomic mass is 35.5. The van der Waals surface area contributed by atoms with Crippen LogP contribution in [0.25, 0.3) is 11.1 Å². The van der Waals surface area contributed by atoms with E-state index >= 15 is 0 Å². The third kappa shape index (κ3) is 5.51. The van der Waals surface area contributed by atoms with Crippen molar-refractivity contribution < 1.29 is 19.4 Å². The summed E-state index contributed by atoms with van der Waals surface area (Å²) in [5, 5.41) is 12.1. The molecule has 6 nitrogen and oxygen atoms in total. The molecule has 1 atom stereocenters. The van der Waals surface area contributed by atoms with Gasteiger partial charge in [0, 0.05) is 25.2 Å². The average molecular weight is 481 g/mol. The number of aryl methyl sites for hydroxylation is 1. The van der Waals surface area contributed by atoms with E-state index < -0.39 is 18.1 Å². The van der Waals surface area contributed by atoms with E-state index in [1.165, 1.54) is 0 Å². The summed E-state index contributed by atoms with van der Waals surface area (Å²) < 4.78 is 5.50. The summed E-state index contributed by atoms with van der Waals surface area (Å²) in [4.78, 5) is 26.2. The molecule has 0 radical (unpaired) electrons. The lowest BCUT2D eigenvalue weighted by Crippen LogP contribution is -2.43. The molecule has 0 aromatic heterocycles. The monoisotopic (exact) mass is 480 g/mol. The minimum atomic E-state index is -1.08. The van der Waals surface area contributed by atoms with E-state index in [2.05, 4.69) is 17.4 Å². The van der Waals surface area contributed by atoms with Crippen molar-refractivity contribution in [2.24, 2.45) is 0 Å². The van der Waals surface area contributed by atoms with E-state index in [9.17, 15) is 14.7 Å². The Bertz CT molecular complexity index is 1100. The Hall–Kier alpha value is -3.51. The van der Waals surface area contributed by atoms with Crippen LogP contribution in [0.3, 0.4) is 0 Å². The fourth-order valence-electron chi connectivity index (χ4n) is 4.29. The van der Waals surface area contributed by atoms with Gasteiger partial charge in [0.05, 0.1) is 0 Å². The predicted molar refractivity (Wildman–Crippen MR) is 136 cm³/mol. The van der Waals surface area contributed by atoms with E-state index in [-0.39, 0.29) is 31.4 Å². The molecule has 2 N–H and O–H groups in total. The fraction of sp³-hybridized carbons (Fsp3) is 0.259. The second kappa shape index (κ2) is 11.1. The quantitative estimate of drug-likeness (QED) is 0.461. The Morgan fingerprint density at radius 1 is 0.971 bits per heavy atom. The number of carbonyl (C=O) groups excluding carboxylic acids is 1. The molecule has 0 bridgehead atoms. The molecule has 1 amide bonds. The highest BCUT2D eigenvalue weighted by Gasteiger charge is 2.29. The summed E-state index contributed by atoms with van der Waals surface area (Å²) in [5.74, 6) is -1.15. The molecule has 0 heterocycles. The number of carboxylic acids is 1. The molecular formula is C27H29ClN2O4. The van der Waals surface area contributed by atoms with Crippen molar-refractivity contribution in [2.45, 2.75) is 25.3 Å². The van der Waals surface area contributed by atoms with Crippen LogP contribution >= 0.6 is 12.4 Å². The number of carboxylic acid groups (broad SMARTS) is 1. The van der Waals surface area contributed by atoms with Crippen LogP contribution in [0.2, 0.25) is 0 Å². The van der Waals surface area contributed by atoms with Gasteiger partial charge < -0.3 is 20.1 Å². The third-order valence-corrected chi connectivity index (χ3v) is 6.16. The van der Waals surface area contributed by atoms with Gasteiger partial charge in [-0.15, -0.1) is 12.4 Å². The number of anilines is 1. The first-order chi connectivity index (χ1) is 15.9. The summed E-state index contributed by atoms with van der Waals surface area (Å²) in [5.41, 5.74) is 6.66. The maximum atomic E-state index is 12.5. The summed E-state index contributed by atoms with van der Waals surface area (Å²) in [6.45, 7) is 2.64. The lowest BCUT2D eigenvalue weighted by molar-refractivity contribution is -0.139. The third-order valence-electron chi connectivity index (χ3n) is 6.16. The number of fused-ring (bicyclic) bond motifs is 3. The molecule has 0 aliphatic heterocycles. The van der Waals surface area contributed by atoms with Crippen molar-refractivity contribution in [1.82, 2.24) is 5.32 Å². The number of aliphatic carboxylic acids is 1. The van der Waals surface area contributed by atoms with Crippen LogP contribution < -0.4 is 10.2 Å². The first-order valence-electron chi connectivity index (χ1n) is 11.1. The number of hydrogen-bond acceptors (Lipinski definition) is 4. The molecule has 178 valence electrons. The smallest absolute Gasteiger partial charge is 0.407 e. The highest BCUT2D eigenvalue weighted by Crippen LogP contribution is 2.44. The van der Waals surface area contributed by atoms with Gasteiger partial charge in [-0.3, -0.25) is 0 Å². The van der Waals surface area contributed by atoms with Crippen LogP contribution in [-0.2, 0) is 9.53 Å². The number of nitrogens with zero attached hydrogens (tertiary/aromatic N) is 1. The normalized spacial score (nSPS) is 12.6. The number of hydrogen-bond donors (Lipinski definition) is 2. The van der Waals surface area contributed by atoms with Gasteiger partial charge in [-0.25, -0.2) is 9.59 Å². The average Bonchev–Trinajstić information content (AvgIpc) is 3.14. The first-order valence-corrected chi connectivity index (χ1v) is 11.1. The fourth-order valence-corrected chi connectivity index (χ4v) is 4.29.